The average Bonchev–Trinajstić information content (AvgIpc) is 3.31. The Hall–Kier alpha value is -2.86. The van der Waals surface area contributed by atoms with E-state index >= 15 is 0 Å². The highest BCUT2D eigenvalue weighted by molar-refractivity contribution is 5.95. The van der Waals surface area contributed by atoms with E-state index in [0.717, 1.165) is 87.6 Å². The number of nitrogens with zero attached hydrogens (tertiary/aromatic N) is 3. The molecule has 2 saturated heterocycles. The summed E-state index contributed by atoms with van der Waals surface area (Å²) in [5.41, 5.74) is 5.55. The van der Waals surface area contributed by atoms with Crippen molar-refractivity contribution in [3.05, 3.63) is 64.2 Å². The number of hydrogen-bond donors (Lipinski definition) is 0. The molecule has 6 heteroatoms. The van der Waals surface area contributed by atoms with Crippen LogP contribution in [0.4, 0.5) is 0 Å². The first-order chi connectivity index (χ1) is 16.5. The lowest BCUT2D eigenvalue weighted by Gasteiger charge is -2.39. The number of benzene rings is 2. The summed E-state index contributed by atoms with van der Waals surface area (Å²) in [6.45, 7) is 10.3. The van der Waals surface area contributed by atoms with Crippen LogP contribution in [0, 0.1) is 19.8 Å². The van der Waals surface area contributed by atoms with E-state index in [0.29, 0.717) is 6.54 Å². The minimum atomic E-state index is -0.0909. The van der Waals surface area contributed by atoms with E-state index in [2.05, 4.69) is 29.2 Å². The van der Waals surface area contributed by atoms with Crippen molar-refractivity contribution in [2.75, 3.05) is 45.9 Å². The number of piperazine rings is 1. The van der Waals surface area contributed by atoms with Gasteiger partial charge in [-0.25, -0.2) is 0 Å². The van der Waals surface area contributed by atoms with E-state index in [1.807, 2.05) is 35.8 Å². The Morgan fingerprint density at radius 3 is 2.47 bits per heavy atom. The maximum atomic E-state index is 13.3. The molecule has 3 heterocycles. The lowest BCUT2D eigenvalue weighted by molar-refractivity contribution is -0.138. The van der Waals surface area contributed by atoms with Crippen LogP contribution in [-0.4, -0.2) is 72.4 Å². The summed E-state index contributed by atoms with van der Waals surface area (Å²) in [5, 5.41) is 0. The van der Waals surface area contributed by atoms with Gasteiger partial charge in [-0.1, -0.05) is 29.3 Å². The average molecular weight is 462 g/mol. The molecule has 2 aromatic carbocycles. The molecule has 180 valence electrons. The van der Waals surface area contributed by atoms with Crippen LogP contribution in [-0.2, 0) is 17.8 Å². The first-order valence-electron chi connectivity index (χ1n) is 12.6. The van der Waals surface area contributed by atoms with E-state index in [9.17, 15) is 9.59 Å². The van der Waals surface area contributed by atoms with E-state index in [1.165, 1.54) is 11.1 Å². The summed E-state index contributed by atoms with van der Waals surface area (Å²) in [6.07, 6.45) is 2.75. The summed E-state index contributed by atoms with van der Waals surface area (Å²) < 4.78 is 5.62. The van der Waals surface area contributed by atoms with Crippen molar-refractivity contribution >= 4 is 11.8 Å². The third-order valence-electron chi connectivity index (χ3n) is 7.37. The normalized spacial score (nSPS) is 20.7. The van der Waals surface area contributed by atoms with Crippen LogP contribution >= 0.6 is 0 Å². The largest absolute Gasteiger partial charge is 0.493 e. The van der Waals surface area contributed by atoms with Crippen molar-refractivity contribution in [1.29, 1.82) is 0 Å². The Labute approximate surface area is 202 Å². The predicted molar refractivity (Wildman–Crippen MR) is 132 cm³/mol. The van der Waals surface area contributed by atoms with E-state index in [4.69, 9.17) is 4.74 Å². The van der Waals surface area contributed by atoms with Crippen LogP contribution in [0.1, 0.15) is 45.5 Å². The number of amides is 2. The van der Waals surface area contributed by atoms with Crippen LogP contribution in [0.5, 0.6) is 5.75 Å². The van der Waals surface area contributed by atoms with Crippen molar-refractivity contribution in [3.8, 4) is 5.75 Å². The number of likely N-dealkylation sites (tertiary alicyclic amines) is 1. The Morgan fingerprint density at radius 2 is 1.71 bits per heavy atom. The van der Waals surface area contributed by atoms with Crippen molar-refractivity contribution in [3.63, 3.8) is 0 Å². The van der Waals surface area contributed by atoms with Crippen LogP contribution in [0.3, 0.4) is 0 Å². The minimum Gasteiger partial charge on any atom is -0.493 e. The third kappa shape index (κ3) is 4.97. The third-order valence-corrected chi connectivity index (χ3v) is 7.37. The smallest absolute Gasteiger partial charge is 0.253 e. The number of ether oxygens (including phenoxy) is 1. The molecule has 0 aromatic heterocycles. The van der Waals surface area contributed by atoms with Gasteiger partial charge in [-0.15, -0.1) is 0 Å². The molecule has 1 atom stereocenters. The zero-order chi connectivity index (χ0) is 23.7. The summed E-state index contributed by atoms with van der Waals surface area (Å²) in [7, 11) is 0. The fourth-order valence-electron chi connectivity index (χ4n) is 5.62. The highest BCUT2D eigenvalue weighted by Crippen LogP contribution is 2.27. The Bertz CT molecular complexity index is 1050. The second kappa shape index (κ2) is 9.79. The van der Waals surface area contributed by atoms with Crippen LogP contribution in [0.2, 0.25) is 0 Å². The molecular weight excluding hydrogens is 426 g/mol. The number of carbonyl (C=O) groups is 2. The zero-order valence-electron chi connectivity index (χ0n) is 20.4. The number of rotatable bonds is 4. The van der Waals surface area contributed by atoms with Crippen LogP contribution in [0.15, 0.2) is 36.4 Å². The molecule has 0 saturated carbocycles. The van der Waals surface area contributed by atoms with Gasteiger partial charge in [-0.2, -0.15) is 0 Å². The molecule has 2 aromatic rings. The fraction of sp³-hybridized carbons (Fsp3) is 0.500. The maximum Gasteiger partial charge on any atom is 0.253 e. The molecule has 2 fully saturated rings. The maximum absolute atomic E-state index is 13.3. The van der Waals surface area contributed by atoms with Gasteiger partial charge in [0.1, 0.15) is 5.75 Å². The van der Waals surface area contributed by atoms with Crippen LogP contribution < -0.4 is 4.74 Å². The molecular formula is C28H35N3O3. The molecule has 0 N–H and O–H groups in total. The van der Waals surface area contributed by atoms with Gasteiger partial charge in [0, 0.05) is 57.8 Å². The van der Waals surface area contributed by atoms with Crippen molar-refractivity contribution in [2.45, 2.75) is 39.7 Å². The standard InChI is InChI=1S/C28H35N3O3/c1-20-14-21(2)16-25(15-20)28(33)31-8-3-4-24(19-31)27(32)30-11-9-29(10-12-30)18-22-5-6-26-23(17-22)7-13-34-26/h5-6,14-17,24H,3-4,7-13,18-19H2,1-2H3. The van der Waals surface area contributed by atoms with E-state index in [-0.39, 0.29) is 17.7 Å². The van der Waals surface area contributed by atoms with Gasteiger partial charge < -0.3 is 14.5 Å². The monoisotopic (exact) mass is 461 g/mol. The van der Waals surface area contributed by atoms with Crippen molar-refractivity contribution in [1.82, 2.24) is 14.7 Å². The molecule has 1 unspecified atom stereocenters. The van der Waals surface area contributed by atoms with Gasteiger partial charge >= 0.3 is 0 Å². The lowest BCUT2D eigenvalue weighted by Crippen LogP contribution is -2.52. The molecule has 2 amide bonds. The second-order valence-corrected chi connectivity index (χ2v) is 10.1. The molecule has 3 aliphatic rings. The van der Waals surface area contributed by atoms with Crippen LogP contribution in [0.25, 0.3) is 0 Å². The number of aryl methyl sites for hydroxylation is 2. The summed E-state index contributed by atoms with van der Waals surface area (Å²) >= 11 is 0. The van der Waals surface area contributed by atoms with E-state index in [1.54, 1.807) is 0 Å². The first kappa shape index (κ1) is 22.9. The Morgan fingerprint density at radius 1 is 0.941 bits per heavy atom. The van der Waals surface area contributed by atoms with Gasteiger partial charge in [0.25, 0.3) is 5.91 Å². The molecule has 3 aliphatic heterocycles. The van der Waals surface area contributed by atoms with Crippen molar-refractivity contribution in [2.24, 2.45) is 5.92 Å². The fourth-order valence-corrected chi connectivity index (χ4v) is 5.62. The number of fused-ring (bicyclic) bond motifs is 1. The Kier molecular flexibility index (Phi) is 6.59. The highest BCUT2D eigenvalue weighted by atomic mass is 16.5. The Balaban J connectivity index is 1.15. The summed E-state index contributed by atoms with van der Waals surface area (Å²) in [5.74, 6) is 1.20. The molecule has 0 radical (unpaired) electrons. The quantitative estimate of drug-likeness (QED) is 0.700. The number of piperidine rings is 1. The predicted octanol–water partition coefficient (Wildman–Crippen LogP) is 3.43. The molecule has 0 spiro atoms. The number of carbonyl (C=O) groups excluding carboxylic acids is 2. The number of hydrogen-bond acceptors (Lipinski definition) is 4. The molecule has 5 rings (SSSR count). The van der Waals surface area contributed by atoms with Gasteiger partial charge in [-0.3, -0.25) is 14.5 Å². The summed E-state index contributed by atoms with van der Waals surface area (Å²) in [4.78, 5) is 32.8. The molecule has 0 aliphatic carbocycles. The minimum absolute atomic E-state index is 0.0499. The zero-order valence-corrected chi connectivity index (χ0v) is 20.4. The van der Waals surface area contributed by atoms with Gasteiger partial charge in [0.15, 0.2) is 0 Å². The van der Waals surface area contributed by atoms with Crippen molar-refractivity contribution < 1.29 is 14.3 Å². The summed E-state index contributed by atoms with van der Waals surface area (Å²) in [6, 6.07) is 12.5. The molecule has 6 nitrogen and oxygen atoms in total. The molecule has 0 bridgehead atoms. The highest BCUT2D eigenvalue weighted by Gasteiger charge is 2.33. The van der Waals surface area contributed by atoms with E-state index < -0.39 is 0 Å². The van der Waals surface area contributed by atoms with Gasteiger partial charge in [0.2, 0.25) is 5.91 Å². The second-order valence-electron chi connectivity index (χ2n) is 10.1. The van der Waals surface area contributed by atoms with Gasteiger partial charge in [0.05, 0.1) is 12.5 Å². The molecule has 34 heavy (non-hydrogen) atoms. The van der Waals surface area contributed by atoms with Gasteiger partial charge in [-0.05, 0) is 56.0 Å². The lowest BCUT2D eigenvalue weighted by atomic mass is 9.95. The topological polar surface area (TPSA) is 53.1 Å². The SMILES string of the molecule is Cc1cc(C)cc(C(=O)N2CCCC(C(=O)N3CCN(Cc4ccc5c(c4)CCO5)CC3)C2)c1. The first-order valence-corrected chi connectivity index (χ1v) is 12.6.